The fourth-order valence-corrected chi connectivity index (χ4v) is 8.44. The largest absolute Gasteiger partial charge is 0.370 e. The van der Waals surface area contributed by atoms with Crippen LogP contribution in [-0.2, 0) is 27.2 Å². The number of hydrogen-bond acceptors (Lipinski definition) is 11. The van der Waals surface area contributed by atoms with Crippen molar-refractivity contribution in [3.05, 3.63) is 39.9 Å². The van der Waals surface area contributed by atoms with Gasteiger partial charge in [-0.25, -0.2) is 0 Å². The smallest absolute Gasteiger partial charge is 0.307 e. The zero-order valence-corrected chi connectivity index (χ0v) is 20.1. The van der Waals surface area contributed by atoms with Crippen molar-refractivity contribution in [1.29, 1.82) is 0 Å². The average Bonchev–Trinajstić information content (AvgIpc) is 3.22. The van der Waals surface area contributed by atoms with Crippen LogP contribution < -0.4 is 5.43 Å². The van der Waals surface area contributed by atoms with E-state index in [1.165, 1.54) is 24.3 Å². The van der Waals surface area contributed by atoms with E-state index < -0.39 is 37.3 Å². The number of carbonyl (C=O) groups excluding carboxylic acids is 1. The van der Waals surface area contributed by atoms with E-state index >= 15 is 0 Å². The summed E-state index contributed by atoms with van der Waals surface area (Å²) in [5, 5.41) is 12.8. The van der Waals surface area contributed by atoms with Crippen molar-refractivity contribution in [3.8, 4) is 0 Å². The van der Waals surface area contributed by atoms with E-state index in [2.05, 4.69) is 10.5 Å². The zero-order valence-electron chi connectivity index (χ0n) is 18.3. The van der Waals surface area contributed by atoms with E-state index in [1.54, 1.807) is 27.7 Å². The van der Waals surface area contributed by atoms with Crippen molar-refractivity contribution in [2.45, 2.75) is 39.1 Å². The van der Waals surface area contributed by atoms with Crippen LogP contribution >= 0.6 is 15.2 Å². The maximum Gasteiger partial charge on any atom is 0.370 e. The van der Waals surface area contributed by atoms with E-state index in [0.717, 1.165) is 0 Å². The van der Waals surface area contributed by atoms with Gasteiger partial charge in [0.05, 0.1) is 31.4 Å². The van der Waals surface area contributed by atoms with E-state index in [0.29, 0.717) is 0 Å². The van der Waals surface area contributed by atoms with Crippen LogP contribution in [0, 0.1) is 10.1 Å². The number of benzene rings is 1. The molecule has 0 spiro atoms. The first kappa shape index (κ1) is 26.3. The van der Waals surface area contributed by atoms with Crippen molar-refractivity contribution in [3.63, 3.8) is 0 Å². The molecule has 0 aliphatic carbocycles. The molecule has 0 saturated heterocycles. The molecule has 1 aliphatic rings. The highest BCUT2D eigenvalue weighted by molar-refractivity contribution is 7.74. The molecule has 0 unspecified atom stereocenters. The number of hydrogen-bond donors (Lipinski definition) is 1. The summed E-state index contributed by atoms with van der Waals surface area (Å²) in [7, 11) is -8.50. The lowest BCUT2D eigenvalue weighted by Gasteiger charge is -2.38. The highest BCUT2D eigenvalue weighted by atomic mass is 31.2. The number of Topliss-reactive ketones (excluding diaryl/α,β-unsaturated/α-hetero) is 1. The number of nitrogens with one attached hydrogen (secondary N) is 1. The van der Waals surface area contributed by atoms with E-state index in [1.807, 2.05) is 0 Å². The Balaban J connectivity index is 2.51. The monoisotopic (exact) mass is 491 g/mol. The number of hydrazone groups is 1. The van der Waals surface area contributed by atoms with Crippen molar-refractivity contribution in [1.82, 2.24) is 5.43 Å². The Morgan fingerprint density at radius 3 is 1.81 bits per heavy atom. The molecular formula is C18H27N3O9P2. The SMILES string of the molecule is CCOP(=O)(OCC)C1(P(=O)(OCC)OCC)CC(C(=O)c2ccc([N+](=O)[O-])cc2)=NN1. The fraction of sp³-hybridized carbons (Fsp3) is 0.556. The molecule has 0 aromatic heterocycles. The standard InChI is InChI=1S/C18H27N3O9P2/c1-5-27-31(25,28-6-2)18(32(26,29-7-3)30-8-4)13-16(19-20-18)17(22)14-9-11-15(12-10-14)21(23)24/h9-12,20H,5-8,13H2,1-4H3. The third-order valence-electron chi connectivity index (χ3n) is 4.49. The van der Waals surface area contributed by atoms with E-state index in [9.17, 15) is 24.0 Å². The Bertz CT molecular complexity index is 915. The number of non-ortho nitro benzene ring substituents is 1. The first-order valence-corrected chi connectivity index (χ1v) is 13.1. The van der Waals surface area contributed by atoms with Crippen LogP contribution in [0.25, 0.3) is 0 Å². The molecule has 178 valence electrons. The van der Waals surface area contributed by atoms with Gasteiger partial charge in [-0.2, -0.15) is 5.10 Å². The molecule has 1 N–H and O–H groups in total. The normalized spacial score (nSPS) is 15.8. The molecule has 32 heavy (non-hydrogen) atoms. The zero-order chi connectivity index (χ0) is 24.0. The van der Waals surface area contributed by atoms with Gasteiger partial charge in [-0.1, -0.05) is 0 Å². The van der Waals surface area contributed by atoms with Gasteiger partial charge in [-0.3, -0.25) is 29.5 Å². The third kappa shape index (κ3) is 4.85. The van der Waals surface area contributed by atoms with Gasteiger partial charge in [0.2, 0.25) is 5.78 Å². The lowest BCUT2D eigenvalue weighted by Crippen LogP contribution is -2.42. The minimum atomic E-state index is -4.25. The van der Waals surface area contributed by atoms with Crippen LogP contribution in [0.3, 0.4) is 0 Å². The highest BCUT2D eigenvalue weighted by Crippen LogP contribution is 2.78. The Hall–Kier alpha value is -1.94. The second-order valence-corrected chi connectivity index (χ2v) is 11.4. The molecule has 1 heterocycles. The number of nitrogens with zero attached hydrogens (tertiary/aromatic N) is 2. The van der Waals surface area contributed by atoms with Gasteiger partial charge in [-0.15, -0.1) is 0 Å². The molecule has 12 nitrogen and oxygen atoms in total. The predicted octanol–water partition coefficient (Wildman–Crippen LogP) is 4.31. The summed E-state index contributed by atoms with van der Waals surface area (Å²) in [6.45, 7) is 6.20. The molecule has 0 fully saturated rings. The second kappa shape index (κ2) is 10.8. The Labute approximate surface area is 185 Å². The lowest BCUT2D eigenvalue weighted by atomic mass is 10.0. The predicted molar refractivity (Wildman–Crippen MR) is 117 cm³/mol. The van der Waals surface area contributed by atoms with Gasteiger partial charge >= 0.3 is 15.2 Å². The first-order chi connectivity index (χ1) is 15.1. The van der Waals surface area contributed by atoms with Gasteiger partial charge < -0.3 is 18.1 Å². The summed E-state index contributed by atoms with van der Waals surface area (Å²) >= 11 is 0. The minimum absolute atomic E-state index is 0.0371. The van der Waals surface area contributed by atoms with Crippen LogP contribution in [0.4, 0.5) is 5.69 Å². The number of carbonyl (C=O) groups is 1. The molecule has 1 aromatic rings. The van der Waals surface area contributed by atoms with Gasteiger partial charge in [-0.05, 0) is 39.8 Å². The lowest BCUT2D eigenvalue weighted by molar-refractivity contribution is -0.384. The van der Waals surface area contributed by atoms with Gasteiger partial charge in [0.15, 0.2) is 0 Å². The van der Waals surface area contributed by atoms with E-state index in [-0.39, 0.29) is 43.4 Å². The molecule has 1 aliphatic heterocycles. The van der Waals surface area contributed by atoms with Gasteiger partial charge in [0.1, 0.15) is 5.71 Å². The van der Waals surface area contributed by atoms with Crippen molar-refractivity contribution in [2.75, 3.05) is 26.4 Å². The van der Waals surface area contributed by atoms with Crippen LogP contribution in [-0.4, -0.2) is 47.9 Å². The van der Waals surface area contributed by atoms with Crippen molar-refractivity contribution >= 4 is 32.4 Å². The summed E-state index contributed by atoms with van der Waals surface area (Å²) in [4.78, 5) is 23.3. The van der Waals surface area contributed by atoms with Gasteiger partial charge in [0, 0.05) is 24.1 Å². The highest BCUT2D eigenvalue weighted by Gasteiger charge is 2.68. The average molecular weight is 491 g/mol. The molecular weight excluding hydrogens is 464 g/mol. The summed E-state index contributed by atoms with van der Waals surface area (Å²) in [5.74, 6) is -0.603. The number of ketones is 1. The topological polar surface area (TPSA) is 156 Å². The fourth-order valence-electron chi connectivity index (χ4n) is 3.15. The second-order valence-electron chi connectivity index (χ2n) is 6.46. The molecule has 0 amide bonds. The van der Waals surface area contributed by atoms with Crippen molar-refractivity contribution < 1.29 is 36.9 Å². The number of nitro groups is 1. The molecule has 0 saturated carbocycles. The summed E-state index contributed by atoms with van der Waals surface area (Å²) in [5.41, 5.74) is 2.35. The first-order valence-electron chi connectivity index (χ1n) is 10.0. The summed E-state index contributed by atoms with van der Waals surface area (Å²) in [6.07, 6.45) is -0.433. The molecule has 2 rings (SSSR count). The summed E-state index contributed by atoms with van der Waals surface area (Å²) < 4.78 is 49.5. The quantitative estimate of drug-likeness (QED) is 0.182. The number of rotatable bonds is 13. The van der Waals surface area contributed by atoms with Crippen LogP contribution in [0.15, 0.2) is 29.4 Å². The van der Waals surface area contributed by atoms with Crippen LogP contribution in [0.5, 0.6) is 0 Å². The maximum absolute atomic E-state index is 13.9. The van der Waals surface area contributed by atoms with Crippen LogP contribution in [0.1, 0.15) is 44.5 Å². The Morgan fingerprint density at radius 2 is 1.44 bits per heavy atom. The minimum Gasteiger partial charge on any atom is -0.307 e. The molecule has 1 aromatic carbocycles. The van der Waals surface area contributed by atoms with E-state index in [4.69, 9.17) is 18.1 Å². The molecule has 0 bridgehead atoms. The molecule has 14 heteroatoms. The number of nitro benzene ring substituents is 1. The molecule has 0 radical (unpaired) electrons. The molecule has 0 atom stereocenters. The Morgan fingerprint density at radius 1 is 1.00 bits per heavy atom. The van der Waals surface area contributed by atoms with Gasteiger partial charge in [0.25, 0.3) is 10.7 Å². The maximum atomic E-state index is 13.9. The van der Waals surface area contributed by atoms with Crippen LogP contribution in [0.2, 0.25) is 0 Å². The third-order valence-corrected chi connectivity index (χ3v) is 10.7. The van der Waals surface area contributed by atoms with Crippen molar-refractivity contribution in [2.24, 2.45) is 5.10 Å². The summed E-state index contributed by atoms with van der Waals surface area (Å²) in [6, 6.07) is 4.91. The Kier molecular flexibility index (Phi) is 8.87.